The standard InChI is InChI=1S/C14H24N4O/c1-5-11(4)18-13(19)12-8-16-14(17-9-12)15-7-6-10(2)3/h8-11H,5-7H2,1-4H3,(H,18,19)(H,15,16,17). The summed E-state index contributed by atoms with van der Waals surface area (Å²) in [6.45, 7) is 9.19. The van der Waals surface area contributed by atoms with Crippen molar-refractivity contribution >= 4 is 11.9 Å². The molecule has 1 aromatic rings. The van der Waals surface area contributed by atoms with Crippen molar-refractivity contribution in [3.63, 3.8) is 0 Å². The molecule has 0 aliphatic carbocycles. The zero-order chi connectivity index (χ0) is 14.3. The number of carbonyl (C=O) groups is 1. The van der Waals surface area contributed by atoms with Gasteiger partial charge in [0.1, 0.15) is 0 Å². The van der Waals surface area contributed by atoms with Gasteiger partial charge >= 0.3 is 0 Å². The predicted octanol–water partition coefficient (Wildman–Crippen LogP) is 2.46. The number of amides is 1. The average Bonchev–Trinajstić information content (AvgIpc) is 2.38. The molecule has 0 fully saturated rings. The molecule has 1 amide bonds. The lowest BCUT2D eigenvalue weighted by atomic mass is 10.1. The van der Waals surface area contributed by atoms with E-state index in [4.69, 9.17) is 0 Å². The topological polar surface area (TPSA) is 66.9 Å². The van der Waals surface area contributed by atoms with Crippen LogP contribution in [0.25, 0.3) is 0 Å². The predicted molar refractivity (Wildman–Crippen MR) is 77.2 cm³/mol. The van der Waals surface area contributed by atoms with Crippen LogP contribution in [-0.4, -0.2) is 28.5 Å². The lowest BCUT2D eigenvalue weighted by molar-refractivity contribution is 0.0938. The minimum Gasteiger partial charge on any atom is -0.354 e. The van der Waals surface area contributed by atoms with E-state index in [0.29, 0.717) is 17.4 Å². The lowest BCUT2D eigenvalue weighted by Crippen LogP contribution is -2.32. The van der Waals surface area contributed by atoms with E-state index in [1.165, 1.54) is 0 Å². The zero-order valence-electron chi connectivity index (χ0n) is 12.2. The maximum atomic E-state index is 11.8. The minimum absolute atomic E-state index is 0.122. The average molecular weight is 264 g/mol. The van der Waals surface area contributed by atoms with Gasteiger partial charge in [0, 0.05) is 25.0 Å². The summed E-state index contributed by atoms with van der Waals surface area (Å²) in [5.41, 5.74) is 0.495. The largest absolute Gasteiger partial charge is 0.354 e. The van der Waals surface area contributed by atoms with Gasteiger partial charge in [-0.25, -0.2) is 9.97 Å². The summed E-state index contributed by atoms with van der Waals surface area (Å²) in [6, 6.07) is 0.163. The van der Waals surface area contributed by atoms with Gasteiger partial charge in [-0.05, 0) is 25.7 Å². The molecule has 5 nitrogen and oxygen atoms in total. The molecule has 0 saturated heterocycles. The molecule has 5 heteroatoms. The Labute approximate surface area is 115 Å². The number of nitrogens with zero attached hydrogens (tertiary/aromatic N) is 2. The Balaban J connectivity index is 2.49. The Hall–Kier alpha value is -1.65. The van der Waals surface area contributed by atoms with Crippen LogP contribution in [0.3, 0.4) is 0 Å². The van der Waals surface area contributed by atoms with Crippen molar-refractivity contribution < 1.29 is 4.79 Å². The molecule has 2 N–H and O–H groups in total. The van der Waals surface area contributed by atoms with Gasteiger partial charge in [0.05, 0.1) is 5.56 Å². The first kappa shape index (κ1) is 15.4. The Morgan fingerprint density at radius 3 is 2.42 bits per heavy atom. The summed E-state index contributed by atoms with van der Waals surface area (Å²) in [7, 11) is 0. The zero-order valence-corrected chi connectivity index (χ0v) is 12.2. The first-order chi connectivity index (χ1) is 9.02. The van der Waals surface area contributed by atoms with Crippen LogP contribution < -0.4 is 10.6 Å². The number of anilines is 1. The molecule has 0 bridgehead atoms. The Morgan fingerprint density at radius 2 is 1.89 bits per heavy atom. The first-order valence-corrected chi connectivity index (χ1v) is 6.89. The molecule has 106 valence electrons. The number of rotatable bonds is 7. The van der Waals surface area contributed by atoms with Crippen LogP contribution in [-0.2, 0) is 0 Å². The van der Waals surface area contributed by atoms with E-state index < -0.39 is 0 Å². The quantitative estimate of drug-likeness (QED) is 0.794. The molecule has 0 aliphatic rings. The third-order valence-electron chi connectivity index (χ3n) is 2.91. The number of hydrogen-bond donors (Lipinski definition) is 2. The van der Waals surface area contributed by atoms with E-state index in [1.807, 2.05) is 13.8 Å². The summed E-state index contributed by atoms with van der Waals surface area (Å²) >= 11 is 0. The van der Waals surface area contributed by atoms with Crippen molar-refractivity contribution in [1.82, 2.24) is 15.3 Å². The molecule has 1 atom stereocenters. The molecule has 1 unspecified atom stereocenters. The smallest absolute Gasteiger partial charge is 0.254 e. The summed E-state index contributed by atoms with van der Waals surface area (Å²) in [5, 5.41) is 6.02. The molecule has 0 aliphatic heterocycles. The lowest BCUT2D eigenvalue weighted by Gasteiger charge is -2.11. The summed E-state index contributed by atoms with van der Waals surface area (Å²) in [6.07, 6.45) is 5.09. The third kappa shape index (κ3) is 5.68. The van der Waals surface area contributed by atoms with Crippen LogP contribution in [0.4, 0.5) is 5.95 Å². The second kappa shape index (κ2) is 7.71. The third-order valence-corrected chi connectivity index (χ3v) is 2.91. The maximum absolute atomic E-state index is 11.8. The van der Waals surface area contributed by atoms with Gasteiger partial charge in [0.2, 0.25) is 5.95 Å². The van der Waals surface area contributed by atoms with Crippen LogP contribution in [0.2, 0.25) is 0 Å². The second-order valence-corrected chi connectivity index (χ2v) is 5.19. The Bertz CT molecular complexity index is 389. The summed E-state index contributed by atoms with van der Waals surface area (Å²) in [4.78, 5) is 20.1. The van der Waals surface area contributed by atoms with Gasteiger partial charge in [-0.1, -0.05) is 20.8 Å². The number of nitrogens with one attached hydrogen (secondary N) is 2. The van der Waals surface area contributed by atoms with Gasteiger partial charge in [0.25, 0.3) is 5.91 Å². The van der Waals surface area contributed by atoms with Gasteiger partial charge in [-0.15, -0.1) is 0 Å². The molecular weight excluding hydrogens is 240 g/mol. The highest BCUT2D eigenvalue weighted by Crippen LogP contribution is 2.03. The molecule has 0 radical (unpaired) electrons. The normalized spacial score (nSPS) is 12.3. The van der Waals surface area contributed by atoms with Crippen molar-refractivity contribution in [1.29, 1.82) is 0 Å². The molecule has 1 aromatic heterocycles. The van der Waals surface area contributed by atoms with Gasteiger partial charge < -0.3 is 10.6 Å². The van der Waals surface area contributed by atoms with Crippen molar-refractivity contribution in [3.05, 3.63) is 18.0 Å². The fourth-order valence-electron chi connectivity index (χ4n) is 1.42. The number of aromatic nitrogens is 2. The van der Waals surface area contributed by atoms with Gasteiger partial charge in [0.15, 0.2) is 0 Å². The van der Waals surface area contributed by atoms with Crippen LogP contribution in [0.1, 0.15) is 50.9 Å². The van der Waals surface area contributed by atoms with E-state index in [2.05, 4.69) is 34.4 Å². The van der Waals surface area contributed by atoms with E-state index in [-0.39, 0.29) is 11.9 Å². The van der Waals surface area contributed by atoms with E-state index >= 15 is 0 Å². The molecule has 1 rings (SSSR count). The number of carbonyl (C=O) groups excluding carboxylic acids is 1. The Kier molecular flexibility index (Phi) is 6.25. The molecular formula is C14H24N4O. The van der Waals surface area contributed by atoms with Crippen LogP contribution in [0.5, 0.6) is 0 Å². The highest BCUT2D eigenvalue weighted by atomic mass is 16.1. The molecule has 0 aromatic carbocycles. The van der Waals surface area contributed by atoms with Crippen LogP contribution >= 0.6 is 0 Å². The van der Waals surface area contributed by atoms with E-state index in [0.717, 1.165) is 19.4 Å². The van der Waals surface area contributed by atoms with Crippen molar-refractivity contribution in [2.45, 2.75) is 46.6 Å². The summed E-state index contributed by atoms with van der Waals surface area (Å²) in [5.74, 6) is 1.09. The highest BCUT2D eigenvalue weighted by Gasteiger charge is 2.09. The van der Waals surface area contributed by atoms with E-state index in [1.54, 1.807) is 12.4 Å². The minimum atomic E-state index is -0.122. The van der Waals surface area contributed by atoms with Crippen molar-refractivity contribution in [2.24, 2.45) is 5.92 Å². The fourth-order valence-corrected chi connectivity index (χ4v) is 1.42. The first-order valence-electron chi connectivity index (χ1n) is 6.89. The molecule has 0 spiro atoms. The molecule has 19 heavy (non-hydrogen) atoms. The highest BCUT2D eigenvalue weighted by molar-refractivity contribution is 5.93. The number of hydrogen-bond acceptors (Lipinski definition) is 4. The molecule has 0 saturated carbocycles. The van der Waals surface area contributed by atoms with Crippen LogP contribution in [0, 0.1) is 5.92 Å². The second-order valence-electron chi connectivity index (χ2n) is 5.19. The van der Waals surface area contributed by atoms with Crippen molar-refractivity contribution in [3.8, 4) is 0 Å². The molecule has 1 heterocycles. The Morgan fingerprint density at radius 1 is 1.26 bits per heavy atom. The van der Waals surface area contributed by atoms with Gasteiger partial charge in [-0.3, -0.25) is 4.79 Å². The van der Waals surface area contributed by atoms with Crippen molar-refractivity contribution in [2.75, 3.05) is 11.9 Å². The summed E-state index contributed by atoms with van der Waals surface area (Å²) < 4.78 is 0. The monoisotopic (exact) mass is 264 g/mol. The maximum Gasteiger partial charge on any atom is 0.254 e. The van der Waals surface area contributed by atoms with Gasteiger partial charge in [-0.2, -0.15) is 0 Å². The van der Waals surface area contributed by atoms with Crippen LogP contribution in [0.15, 0.2) is 12.4 Å². The van der Waals surface area contributed by atoms with E-state index in [9.17, 15) is 4.79 Å². The fraction of sp³-hybridized carbons (Fsp3) is 0.643. The SMILES string of the molecule is CCC(C)NC(=O)c1cnc(NCCC(C)C)nc1.